The van der Waals surface area contributed by atoms with Crippen LogP contribution >= 0.6 is 15.9 Å². The molecule has 5 nitrogen and oxygen atoms in total. The Morgan fingerprint density at radius 3 is 1.88 bits per heavy atom. The number of nitrogens with one attached hydrogen (secondary N) is 1. The van der Waals surface area contributed by atoms with E-state index in [0.29, 0.717) is 31.6 Å². The molecular formula is C27H28BrN3O2. The topological polar surface area (TPSA) is 52.7 Å². The van der Waals surface area contributed by atoms with Gasteiger partial charge in [0.2, 0.25) is 5.91 Å². The number of amides is 2. The van der Waals surface area contributed by atoms with E-state index < -0.39 is 0 Å². The number of piperazine rings is 1. The van der Waals surface area contributed by atoms with Crippen LogP contribution in [0.15, 0.2) is 89.4 Å². The van der Waals surface area contributed by atoms with Gasteiger partial charge in [-0.25, -0.2) is 0 Å². The summed E-state index contributed by atoms with van der Waals surface area (Å²) in [4.78, 5) is 29.3. The van der Waals surface area contributed by atoms with Crippen molar-refractivity contribution >= 4 is 27.7 Å². The van der Waals surface area contributed by atoms with E-state index >= 15 is 0 Å². The van der Waals surface area contributed by atoms with E-state index in [2.05, 4.69) is 74.7 Å². The van der Waals surface area contributed by atoms with Crippen molar-refractivity contribution in [3.05, 3.63) is 106 Å². The highest BCUT2D eigenvalue weighted by Gasteiger charge is 2.27. The fourth-order valence-corrected chi connectivity index (χ4v) is 4.52. The lowest BCUT2D eigenvalue weighted by molar-refractivity contribution is -0.133. The molecule has 1 heterocycles. The molecule has 0 spiro atoms. The Bertz CT molecular complexity index is 1010. The molecule has 33 heavy (non-hydrogen) atoms. The molecule has 1 aliphatic heterocycles. The maximum atomic E-state index is 12.7. The first-order valence-electron chi connectivity index (χ1n) is 11.3. The van der Waals surface area contributed by atoms with Crippen molar-refractivity contribution in [2.45, 2.75) is 12.5 Å². The molecule has 0 radical (unpaired) electrons. The summed E-state index contributed by atoms with van der Waals surface area (Å²) < 4.78 is 0.926. The molecule has 4 rings (SSSR count). The SMILES string of the molecule is O=C(NCCC(=O)N1CCN(C(c2ccccc2)c2ccccc2)CC1)c1ccc(Br)cc1. The fraction of sp³-hybridized carbons (Fsp3) is 0.259. The van der Waals surface area contributed by atoms with Gasteiger partial charge < -0.3 is 10.2 Å². The summed E-state index contributed by atoms with van der Waals surface area (Å²) in [5, 5.41) is 2.85. The molecule has 1 fully saturated rings. The number of hydrogen-bond donors (Lipinski definition) is 1. The van der Waals surface area contributed by atoms with Crippen molar-refractivity contribution in [3.63, 3.8) is 0 Å². The van der Waals surface area contributed by atoms with Gasteiger partial charge in [-0.05, 0) is 35.4 Å². The van der Waals surface area contributed by atoms with Crippen LogP contribution in [-0.2, 0) is 4.79 Å². The zero-order chi connectivity index (χ0) is 23.0. The van der Waals surface area contributed by atoms with Crippen molar-refractivity contribution in [1.82, 2.24) is 15.1 Å². The van der Waals surface area contributed by atoms with Crippen LogP contribution in [0.25, 0.3) is 0 Å². The minimum atomic E-state index is -0.159. The van der Waals surface area contributed by atoms with Gasteiger partial charge in [-0.2, -0.15) is 0 Å². The molecule has 0 aromatic heterocycles. The first-order valence-corrected chi connectivity index (χ1v) is 12.1. The molecule has 0 atom stereocenters. The third-order valence-corrected chi connectivity index (χ3v) is 6.52. The normalized spacial score (nSPS) is 14.3. The third-order valence-electron chi connectivity index (χ3n) is 5.99. The highest BCUT2D eigenvalue weighted by atomic mass is 79.9. The van der Waals surface area contributed by atoms with Gasteiger partial charge in [-0.15, -0.1) is 0 Å². The summed E-state index contributed by atoms with van der Waals surface area (Å²) in [6.45, 7) is 3.34. The Labute approximate surface area is 203 Å². The van der Waals surface area contributed by atoms with Gasteiger partial charge in [0.25, 0.3) is 5.91 Å². The third kappa shape index (κ3) is 6.09. The Balaban J connectivity index is 1.30. The molecule has 0 unspecified atom stereocenters. The molecule has 1 aliphatic rings. The number of carbonyl (C=O) groups excluding carboxylic acids is 2. The summed E-state index contributed by atoms with van der Waals surface area (Å²) in [6, 6.07) is 28.4. The molecule has 0 bridgehead atoms. The number of halogens is 1. The summed E-state index contributed by atoms with van der Waals surface area (Å²) in [5.74, 6) is -0.0737. The maximum Gasteiger partial charge on any atom is 0.251 e. The minimum Gasteiger partial charge on any atom is -0.352 e. The largest absolute Gasteiger partial charge is 0.352 e. The lowest BCUT2D eigenvalue weighted by Gasteiger charge is -2.40. The van der Waals surface area contributed by atoms with Gasteiger partial charge in [-0.3, -0.25) is 14.5 Å². The molecule has 2 amide bonds. The number of rotatable bonds is 7. The maximum absolute atomic E-state index is 12.7. The van der Waals surface area contributed by atoms with Gasteiger partial charge >= 0.3 is 0 Å². The van der Waals surface area contributed by atoms with Crippen molar-refractivity contribution < 1.29 is 9.59 Å². The molecule has 170 valence electrons. The van der Waals surface area contributed by atoms with Crippen molar-refractivity contribution in [2.75, 3.05) is 32.7 Å². The quantitative estimate of drug-likeness (QED) is 0.514. The van der Waals surface area contributed by atoms with Gasteiger partial charge in [0.1, 0.15) is 0 Å². The van der Waals surface area contributed by atoms with E-state index in [4.69, 9.17) is 0 Å². The highest BCUT2D eigenvalue weighted by Crippen LogP contribution is 2.29. The standard InChI is InChI=1S/C27H28BrN3O2/c28-24-13-11-23(12-14-24)27(33)29-16-15-25(32)30-17-19-31(20-18-30)26(21-7-3-1-4-8-21)22-9-5-2-6-10-22/h1-14,26H,15-20H2,(H,29,33). The van der Waals surface area contributed by atoms with E-state index in [1.165, 1.54) is 11.1 Å². The predicted molar refractivity (Wildman–Crippen MR) is 134 cm³/mol. The van der Waals surface area contributed by atoms with E-state index in [0.717, 1.165) is 17.6 Å². The molecule has 3 aromatic carbocycles. The predicted octanol–water partition coefficient (Wildman–Crippen LogP) is 4.50. The van der Waals surface area contributed by atoms with Crippen molar-refractivity contribution in [2.24, 2.45) is 0 Å². The molecule has 6 heteroatoms. The van der Waals surface area contributed by atoms with Crippen molar-refractivity contribution in [3.8, 4) is 0 Å². The Morgan fingerprint density at radius 2 is 1.33 bits per heavy atom. The molecular weight excluding hydrogens is 478 g/mol. The van der Waals surface area contributed by atoms with Crippen LogP contribution in [0, 0.1) is 0 Å². The van der Waals surface area contributed by atoms with E-state index in [1.807, 2.05) is 29.2 Å². The zero-order valence-corrected chi connectivity index (χ0v) is 20.1. The van der Waals surface area contributed by atoms with Crippen LogP contribution in [0.5, 0.6) is 0 Å². The summed E-state index contributed by atoms with van der Waals surface area (Å²) in [5.41, 5.74) is 3.12. The summed E-state index contributed by atoms with van der Waals surface area (Å²) in [6.07, 6.45) is 0.309. The number of carbonyl (C=O) groups is 2. The van der Waals surface area contributed by atoms with Crippen molar-refractivity contribution in [1.29, 1.82) is 0 Å². The number of hydrogen-bond acceptors (Lipinski definition) is 3. The van der Waals surface area contributed by atoms with Crippen LogP contribution in [0.3, 0.4) is 0 Å². The molecule has 1 saturated heterocycles. The van der Waals surface area contributed by atoms with Crippen LogP contribution in [0.2, 0.25) is 0 Å². The minimum absolute atomic E-state index is 0.0849. The zero-order valence-electron chi connectivity index (χ0n) is 18.5. The van der Waals surface area contributed by atoms with Crippen LogP contribution in [0.4, 0.5) is 0 Å². The van der Waals surface area contributed by atoms with E-state index in [9.17, 15) is 9.59 Å². The summed E-state index contributed by atoms with van der Waals surface area (Å²) in [7, 11) is 0. The Morgan fingerprint density at radius 1 is 0.788 bits per heavy atom. The van der Waals surface area contributed by atoms with Gasteiger partial charge in [-0.1, -0.05) is 76.6 Å². The van der Waals surface area contributed by atoms with Crippen LogP contribution < -0.4 is 5.32 Å². The lowest BCUT2D eigenvalue weighted by atomic mass is 9.96. The smallest absolute Gasteiger partial charge is 0.251 e. The average Bonchev–Trinajstić information content (AvgIpc) is 2.86. The Hall–Kier alpha value is -2.96. The molecule has 0 aliphatic carbocycles. The lowest BCUT2D eigenvalue weighted by Crippen LogP contribution is -2.50. The van der Waals surface area contributed by atoms with Crippen LogP contribution in [0.1, 0.15) is 33.9 Å². The van der Waals surface area contributed by atoms with Gasteiger partial charge in [0.05, 0.1) is 6.04 Å². The average molecular weight is 506 g/mol. The fourth-order valence-electron chi connectivity index (χ4n) is 4.26. The summed E-state index contributed by atoms with van der Waals surface area (Å²) >= 11 is 3.36. The monoisotopic (exact) mass is 505 g/mol. The second-order valence-electron chi connectivity index (χ2n) is 8.15. The Kier molecular flexibility index (Phi) is 7.92. The number of nitrogens with zero attached hydrogens (tertiary/aromatic N) is 2. The molecule has 0 saturated carbocycles. The first kappa shape index (κ1) is 23.2. The first-order chi connectivity index (χ1) is 16.1. The highest BCUT2D eigenvalue weighted by molar-refractivity contribution is 9.10. The molecule has 1 N–H and O–H groups in total. The van der Waals surface area contributed by atoms with E-state index in [1.54, 1.807) is 12.1 Å². The van der Waals surface area contributed by atoms with Gasteiger partial charge in [0.15, 0.2) is 0 Å². The second-order valence-corrected chi connectivity index (χ2v) is 9.07. The van der Waals surface area contributed by atoms with E-state index in [-0.39, 0.29) is 17.9 Å². The number of benzene rings is 3. The molecule has 3 aromatic rings. The second kappa shape index (κ2) is 11.3. The van der Waals surface area contributed by atoms with Gasteiger partial charge in [0, 0.05) is 49.2 Å². The van der Waals surface area contributed by atoms with Crippen LogP contribution in [-0.4, -0.2) is 54.3 Å².